The number of anilines is 1. The number of pyridine rings is 1. The maximum absolute atomic E-state index is 12.0. The van der Waals surface area contributed by atoms with Gasteiger partial charge in [0.05, 0.1) is 23.7 Å². The van der Waals surface area contributed by atoms with Gasteiger partial charge < -0.3 is 10.6 Å². The number of aromatic nitrogens is 2. The van der Waals surface area contributed by atoms with E-state index in [0.717, 1.165) is 27.5 Å². The normalized spacial score (nSPS) is 10.5. The van der Waals surface area contributed by atoms with Gasteiger partial charge in [-0.05, 0) is 31.2 Å². The molecular formula is C20H20N4O2S2. The fourth-order valence-electron chi connectivity index (χ4n) is 2.34. The third-order valence-electron chi connectivity index (χ3n) is 3.77. The van der Waals surface area contributed by atoms with Crippen molar-refractivity contribution in [2.24, 2.45) is 0 Å². The summed E-state index contributed by atoms with van der Waals surface area (Å²) in [6.45, 7) is 2.37. The van der Waals surface area contributed by atoms with Gasteiger partial charge in [-0.25, -0.2) is 4.98 Å². The van der Waals surface area contributed by atoms with Crippen molar-refractivity contribution in [1.29, 1.82) is 0 Å². The highest BCUT2D eigenvalue weighted by Gasteiger charge is 2.08. The molecule has 0 fully saturated rings. The van der Waals surface area contributed by atoms with Gasteiger partial charge in [0.25, 0.3) is 0 Å². The summed E-state index contributed by atoms with van der Waals surface area (Å²) in [5.41, 5.74) is 3.77. The quantitative estimate of drug-likeness (QED) is 0.592. The molecule has 0 bridgehead atoms. The number of hydrogen-bond donors (Lipinski definition) is 2. The van der Waals surface area contributed by atoms with Crippen molar-refractivity contribution in [1.82, 2.24) is 15.3 Å². The van der Waals surface area contributed by atoms with Gasteiger partial charge in [0, 0.05) is 29.0 Å². The van der Waals surface area contributed by atoms with Crippen LogP contribution in [0.3, 0.4) is 0 Å². The highest BCUT2D eigenvalue weighted by molar-refractivity contribution is 8.00. The van der Waals surface area contributed by atoms with Crippen molar-refractivity contribution < 1.29 is 9.59 Å². The number of amides is 2. The van der Waals surface area contributed by atoms with Crippen LogP contribution in [0.1, 0.15) is 10.6 Å². The first-order valence-electron chi connectivity index (χ1n) is 8.66. The second-order valence-electron chi connectivity index (χ2n) is 6.05. The highest BCUT2D eigenvalue weighted by Crippen LogP contribution is 2.20. The summed E-state index contributed by atoms with van der Waals surface area (Å²) in [5, 5.41) is 8.45. The van der Waals surface area contributed by atoms with Crippen molar-refractivity contribution in [3.8, 4) is 11.3 Å². The summed E-state index contributed by atoms with van der Waals surface area (Å²) in [7, 11) is 0. The second kappa shape index (κ2) is 10.0. The molecule has 3 aromatic rings. The van der Waals surface area contributed by atoms with E-state index in [9.17, 15) is 9.59 Å². The average molecular weight is 413 g/mol. The van der Waals surface area contributed by atoms with Crippen LogP contribution in [-0.4, -0.2) is 33.3 Å². The molecule has 2 amide bonds. The third-order valence-corrected chi connectivity index (χ3v) is 5.55. The van der Waals surface area contributed by atoms with Crippen LogP contribution >= 0.6 is 23.1 Å². The average Bonchev–Trinajstić information content (AvgIpc) is 3.18. The Balaban J connectivity index is 1.36. The minimum absolute atomic E-state index is 0.117. The minimum atomic E-state index is -0.122. The smallest absolute Gasteiger partial charge is 0.234 e. The van der Waals surface area contributed by atoms with Gasteiger partial charge in [0.2, 0.25) is 11.8 Å². The number of rotatable bonds is 8. The molecule has 144 valence electrons. The Bertz CT molecular complexity index is 927. The Labute approximate surface area is 171 Å². The zero-order valence-electron chi connectivity index (χ0n) is 15.3. The number of benzene rings is 1. The molecule has 2 aromatic heterocycles. The summed E-state index contributed by atoms with van der Waals surface area (Å²) in [4.78, 5) is 32.4. The highest BCUT2D eigenvalue weighted by atomic mass is 32.2. The SMILES string of the molecule is Cc1ccc(NC(=O)CSCC(=O)NCc2nc(-c3ccncc3)cs2)cc1. The van der Waals surface area contributed by atoms with E-state index in [4.69, 9.17) is 0 Å². The van der Waals surface area contributed by atoms with Crippen molar-refractivity contribution in [2.75, 3.05) is 16.8 Å². The molecular weight excluding hydrogens is 392 g/mol. The van der Waals surface area contributed by atoms with E-state index >= 15 is 0 Å². The Morgan fingerprint density at radius 1 is 1.04 bits per heavy atom. The minimum Gasteiger partial charge on any atom is -0.349 e. The number of aryl methyl sites for hydroxylation is 1. The molecule has 2 heterocycles. The zero-order valence-corrected chi connectivity index (χ0v) is 17.0. The Morgan fingerprint density at radius 2 is 1.75 bits per heavy atom. The topological polar surface area (TPSA) is 84.0 Å². The number of carbonyl (C=O) groups excluding carboxylic acids is 2. The lowest BCUT2D eigenvalue weighted by molar-refractivity contribution is -0.118. The number of carbonyl (C=O) groups is 2. The molecule has 6 nitrogen and oxygen atoms in total. The van der Waals surface area contributed by atoms with Gasteiger partial charge in [-0.1, -0.05) is 17.7 Å². The van der Waals surface area contributed by atoms with Crippen LogP contribution < -0.4 is 10.6 Å². The van der Waals surface area contributed by atoms with Gasteiger partial charge in [-0.15, -0.1) is 23.1 Å². The predicted molar refractivity (Wildman–Crippen MR) is 114 cm³/mol. The van der Waals surface area contributed by atoms with Gasteiger partial charge >= 0.3 is 0 Å². The molecule has 0 unspecified atom stereocenters. The van der Waals surface area contributed by atoms with Crippen LogP contribution in [0.4, 0.5) is 5.69 Å². The monoisotopic (exact) mass is 412 g/mol. The van der Waals surface area contributed by atoms with Crippen LogP contribution in [0.2, 0.25) is 0 Å². The molecule has 0 radical (unpaired) electrons. The molecule has 8 heteroatoms. The van der Waals surface area contributed by atoms with Crippen LogP contribution in [0.15, 0.2) is 54.2 Å². The molecule has 0 saturated carbocycles. The second-order valence-corrected chi connectivity index (χ2v) is 7.97. The third kappa shape index (κ3) is 6.17. The molecule has 0 aliphatic heterocycles. The predicted octanol–water partition coefficient (Wildman–Crippen LogP) is 3.50. The first kappa shape index (κ1) is 20.0. The summed E-state index contributed by atoms with van der Waals surface area (Å²) in [6, 6.07) is 11.4. The molecule has 3 rings (SSSR count). The van der Waals surface area contributed by atoms with Gasteiger partial charge in [-0.2, -0.15) is 0 Å². The first-order valence-corrected chi connectivity index (χ1v) is 10.7. The molecule has 1 aromatic carbocycles. The zero-order chi connectivity index (χ0) is 19.8. The summed E-state index contributed by atoms with van der Waals surface area (Å²) in [6.07, 6.45) is 3.45. The first-order chi connectivity index (χ1) is 13.6. The Morgan fingerprint density at radius 3 is 2.50 bits per heavy atom. The van der Waals surface area contributed by atoms with Crippen LogP contribution in [-0.2, 0) is 16.1 Å². The molecule has 0 atom stereocenters. The lowest BCUT2D eigenvalue weighted by atomic mass is 10.2. The standard InChI is InChI=1S/C20H20N4O2S2/c1-14-2-4-16(5-3-14)23-19(26)13-27-12-18(25)22-10-20-24-17(11-28-20)15-6-8-21-9-7-15/h2-9,11H,10,12-13H2,1H3,(H,22,25)(H,23,26). The van der Waals surface area contributed by atoms with Gasteiger partial charge in [0.1, 0.15) is 5.01 Å². The van der Waals surface area contributed by atoms with Crippen LogP contribution in [0, 0.1) is 6.92 Å². The molecule has 0 aliphatic rings. The Hall–Kier alpha value is -2.71. The van der Waals surface area contributed by atoms with Crippen molar-refractivity contribution >= 4 is 40.6 Å². The Kier molecular flexibility index (Phi) is 7.16. The van der Waals surface area contributed by atoms with E-state index < -0.39 is 0 Å². The van der Waals surface area contributed by atoms with E-state index in [-0.39, 0.29) is 23.3 Å². The van der Waals surface area contributed by atoms with E-state index in [1.165, 1.54) is 23.1 Å². The lowest BCUT2D eigenvalue weighted by Crippen LogP contribution is -2.25. The summed E-state index contributed by atoms with van der Waals surface area (Å²) >= 11 is 2.78. The van der Waals surface area contributed by atoms with E-state index in [1.54, 1.807) is 12.4 Å². The van der Waals surface area contributed by atoms with E-state index in [1.807, 2.05) is 48.7 Å². The van der Waals surface area contributed by atoms with E-state index in [0.29, 0.717) is 6.54 Å². The fourth-order valence-corrected chi connectivity index (χ4v) is 3.73. The van der Waals surface area contributed by atoms with Crippen molar-refractivity contribution in [2.45, 2.75) is 13.5 Å². The lowest BCUT2D eigenvalue weighted by Gasteiger charge is -2.06. The van der Waals surface area contributed by atoms with Crippen molar-refractivity contribution in [3.05, 3.63) is 64.7 Å². The maximum atomic E-state index is 12.0. The number of thioether (sulfide) groups is 1. The molecule has 2 N–H and O–H groups in total. The summed E-state index contributed by atoms with van der Waals surface area (Å²) in [5.74, 6) is 0.214. The largest absolute Gasteiger partial charge is 0.349 e. The number of nitrogens with one attached hydrogen (secondary N) is 2. The summed E-state index contributed by atoms with van der Waals surface area (Å²) < 4.78 is 0. The molecule has 28 heavy (non-hydrogen) atoms. The fraction of sp³-hybridized carbons (Fsp3) is 0.200. The molecule has 0 saturated heterocycles. The van der Waals surface area contributed by atoms with E-state index in [2.05, 4.69) is 20.6 Å². The van der Waals surface area contributed by atoms with Gasteiger partial charge in [0.15, 0.2) is 0 Å². The van der Waals surface area contributed by atoms with Crippen LogP contribution in [0.25, 0.3) is 11.3 Å². The van der Waals surface area contributed by atoms with Crippen molar-refractivity contribution in [3.63, 3.8) is 0 Å². The molecule has 0 spiro atoms. The maximum Gasteiger partial charge on any atom is 0.234 e. The number of nitrogens with zero attached hydrogens (tertiary/aromatic N) is 2. The van der Waals surface area contributed by atoms with Crippen LogP contribution in [0.5, 0.6) is 0 Å². The van der Waals surface area contributed by atoms with Gasteiger partial charge in [-0.3, -0.25) is 14.6 Å². The number of hydrogen-bond acceptors (Lipinski definition) is 6. The number of thiazole rings is 1. The molecule has 0 aliphatic carbocycles.